The fraction of sp³-hybridized carbons (Fsp3) is 0.533. The molecule has 0 fully saturated rings. The smallest absolute Gasteiger partial charge is 0.320 e. The van der Waals surface area contributed by atoms with E-state index in [9.17, 15) is 4.79 Å². The molecule has 5 heteroatoms. The molecule has 1 atom stereocenters. The average molecular weight is 343 g/mol. The summed E-state index contributed by atoms with van der Waals surface area (Å²) in [6.07, 6.45) is 1.05. The molecule has 0 bridgehead atoms. The topological polar surface area (TPSA) is 41.6 Å². The van der Waals surface area contributed by atoms with E-state index in [1.165, 1.54) is 12.7 Å². The number of hydrogen-bond acceptors (Lipinski definition) is 4. The van der Waals surface area contributed by atoms with Gasteiger partial charge in [0, 0.05) is 13.1 Å². The first-order chi connectivity index (χ1) is 9.63. The molecule has 1 aromatic rings. The molecule has 0 aliphatic heterocycles. The number of ether oxygens (including phenoxy) is 1. The highest BCUT2D eigenvalue weighted by atomic mass is 79.9. The number of nitrogens with one attached hydrogen (secondary N) is 1. The van der Waals surface area contributed by atoms with Gasteiger partial charge in [-0.3, -0.25) is 4.79 Å². The van der Waals surface area contributed by atoms with Crippen LogP contribution in [0.5, 0.6) is 0 Å². The molecular weight excluding hydrogens is 320 g/mol. The predicted molar refractivity (Wildman–Crippen MR) is 85.0 cm³/mol. The van der Waals surface area contributed by atoms with E-state index in [-0.39, 0.29) is 10.8 Å². The molecule has 4 nitrogen and oxygen atoms in total. The molecule has 0 saturated carbocycles. The quantitative estimate of drug-likeness (QED) is 0.423. The molecule has 0 aliphatic carbocycles. The fourth-order valence-corrected chi connectivity index (χ4v) is 2.30. The summed E-state index contributed by atoms with van der Waals surface area (Å²) in [6.45, 7) is 3.46. The normalized spacial score (nSPS) is 12.4. The maximum absolute atomic E-state index is 11.2. The Morgan fingerprint density at radius 2 is 2.10 bits per heavy atom. The molecule has 20 heavy (non-hydrogen) atoms. The average Bonchev–Trinajstić information content (AvgIpc) is 2.46. The van der Waals surface area contributed by atoms with Crippen molar-refractivity contribution >= 4 is 21.9 Å². The van der Waals surface area contributed by atoms with Gasteiger partial charge >= 0.3 is 5.97 Å². The number of esters is 1. The van der Waals surface area contributed by atoms with E-state index >= 15 is 0 Å². The van der Waals surface area contributed by atoms with Crippen molar-refractivity contribution in [3.05, 3.63) is 35.9 Å². The summed E-state index contributed by atoms with van der Waals surface area (Å²) in [5.41, 5.74) is 1.33. The van der Waals surface area contributed by atoms with Crippen molar-refractivity contribution in [2.45, 2.75) is 17.8 Å². The highest BCUT2D eigenvalue weighted by molar-refractivity contribution is 9.10. The lowest BCUT2D eigenvalue weighted by Crippen LogP contribution is -2.31. The molecule has 112 valence electrons. The summed E-state index contributed by atoms with van der Waals surface area (Å²) in [7, 11) is 3.52. The van der Waals surface area contributed by atoms with Crippen LogP contribution in [-0.2, 0) is 16.1 Å². The molecule has 1 unspecified atom stereocenters. The summed E-state index contributed by atoms with van der Waals surface area (Å²) in [5.74, 6) is -0.237. The molecule has 0 saturated heterocycles. The molecule has 0 radical (unpaired) electrons. The van der Waals surface area contributed by atoms with Crippen molar-refractivity contribution in [3.63, 3.8) is 0 Å². The van der Waals surface area contributed by atoms with Crippen LogP contribution in [-0.4, -0.2) is 49.5 Å². The third-order valence-corrected chi connectivity index (χ3v) is 3.67. The van der Waals surface area contributed by atoms with Gasteiger partial charge in [-0.2, -0.15) is 0 Å². The van der Waals surface area contributed by atoms with Crippen LogP contribution >= 0.6 is 15.9 Å². The van der Waals surface area contributed by atoms with Gasteiger partial charge in [0.25, 0.3) is 0 Å². The first-order valence-electron chi connectivity index (χ1n) is 6.78. The lowest BCUT2D eigenvalue weighted by atomic mass is 10.2. The second kappa shape index (κ2) is 9.91. The predicted octanol–water partition coefficient (Wildman–Crippen LogP) is 2.03. The van der Waals surface area contributed by atoms with E-state index in [4.69, 9.17) is 0 Å². The fourth-order valence-electron chi connectivity index (χ4n) is 1.89. The van der Waals surface area contributed by atoms with Gasteiger partial charge in [-0.1, -0.05) is 46.3 Å². The van der Waals surface area contributed by atoms with Crippen LogP contribution in [0.15, 0.2) is 30.3 Å². The van der Waals surface area contributed by atoms with Crippen molar-refractivity contribution < 1.29 is 9.53 Å². The summed E-state index contributed by atoms with van der Waals surface area (Å²) in [6, 6.07) is 10.4. The Morgan fingerprint density at radius 1 is 1.40 bits per heavy atom. The van der Waals surface area contributed by atoms with Gasteiger partial charge in [-0.25, -0.2) is 0 Å². The zero-order valence-corrected chi connectivity index (χ0v) is 13.7. The number of rotatable bonds is 9. The van der Waals surface area contributed by atoms with Crippen molar-refractivity contribution in [2.75, 3.05) is 33.8 Å². The van der Waals surface area contributed by atoms with Gasteiger partial charge in [0.1, 0.15) is 4.83 Å². The highest BCUT2D eigenvalue weighted by Crippen LogP contribution is 2.03. The van der Waals surface area contributed by atoms with Crippen LogP contribution in [0, 0.1) is 0 Å². The monoisotopic (exact) mass is 342 g/mol. The summed E-state index contributed by atoms with van der Waals surface area (Å²) in [5, 5.41) is 3.25. The zero-order valence-electron chi connectivity index (χ0n) is 12.1. The van der Waals surface area contributed by atoms with Crippen molar-refractivity contribution in [2.24, 2.45) is 0 Å². The van der Waals surface area contributed by atoms with E-state index in [0.29, 0.717) is 6.54 Å². The molecule has 0 spiro atoms. The minimum atomic E-state index is -0.269. The minimum Gasteiger partial charge on any atom is -0.468 e. The molecule has 0 amide bonds. The lowest BCUT2D eigenvalue weighted by molar-refractivity contribution is -0.139. The second-order valence-electron chi connectivity index (χ2n) is 4.77. The SMILES string of the molecule is COC(=O)C(Br)CNCCCN(C)Cc1ccccc1. The summed E-state index contributed by atoms with van der Waals surface area (Å²) < 4.78 is 4.64. The third kappa shape index (κ3) is 7.03. The molecule has 0 aliphatic rings. The zero-order chi connectivity index (χ0) is 14.8. The van der Waals surface area contributed by atoms with E-state index < -0.39 is 0 Å². The number of hydrogen-bond donors (Lipinski definition) is 1. The Kier molecular flexibility index (Phi) is 8.49. The largest absolute Gasteiger partial charge is 0.468 e. The van der Waals surface area contributed by atoms with E-state index in [1.807, 2.05) is 6.07 Å². The van der Waals surface area contributed by atoms with Gasteiger partial charge in [0.05, 0.1) is 7.11 Å². The van der Waals surface area contributed by atoms with Crippen LogP contribution < -0.4 is 5.32 Å². The maximum Gasteiger partial charge on any atom is 0.320 e. The molecule has 1 aromatic carbocycles. The highest BCUT2D eigenvalue weighted by Gasteiger charge is 2.13. The van der Waals surface area contributed by atoms with E-state index in [0.717, 1.165) is 26.1 Å². The Bertz CT molecular complexity index is 387. The van der Waals surface area contributed by atoms with Crippen molar-refractivity contribution in [3.8, 4) is 0 Å². The van der Waals surface area contributed by atoms with Gasteiger partial charge in [0.15, 0.2) is 0 Å². The standard InChI is InChI=1S/C15H23BrN2O2/c1-18(12-13-7-4-3-5-8-13)10-6-9-17-11-14(16)15(19)20-2/h3-5,7-8,14,17H,6,9-12H2,1-2H3. The van der Waals surface area contributed by atoms with Crippen LogP contribution in [0.3, 0.4) is 0 Å². The van der Waals surface area contributed by atoms with Gasteiger partial charge in [0.2, 0.25) is 0 Å². The number of nitrogens with zero attached hydrogens (tertiary/aromatic N) is 1. The van der Waals surface area contributed by atoms with E-state index in [2.05, 4.69) is 62.2 Å². The third-order valence-electron chi connectivity index (χ3n) is 2.97. The first-order valence-corrected chi connectivity index (χ1v) is 7.70. The molecule has 0 aromatic heterocycles. The summed E-state index contributed by atoms with van der Waals surface area (Å²) in [4.78, 5) is 13.2. The van der Waals surface area contributed by atoms with Crippen molar-refractivity contribution in [1.29, 1.82) is 0 Å². The van der Waals surface area contributed by atoms with Crippen LogP contribution in [0.25, 0.3) is 0 Å². The Hall–Kier alpha value is -0.910. The molecule has 0 heterocycles. The Labute approximate surface area is 129 Å². The van der Waals surface area contributed by atoms with Crippen LogP contribution in [0.4, 0.5) is 0 Å². The number of methoxy groups -OCH3 is 1. The number of benzene rings is 1. The number of halogens is 1. The number of carbonyl (C=O) groups excluding carboxylic acids is 1. The number of alkyl halides is 1. The van der Waals surface area contributed by atoms with Gasteiger partial charge < -0.3 is 15.0 Å². The van der Waals surface area contributed by atoms with Gasteiger partial charge in [-0.05, 0) is 32.1 Å². The first kappa shape index (κ1) is 17.1. The molecular formula is C15H23BrN2O2. The molecule has 1 rings (SSSR count). The van der Waals surface area contributed by atoms with E-state index in [1.54, 1.807) is 0 Å². The van der Waals surface area contributed by atoms with Gasteiger partial charge in [-0.15, -0.1) is 0 Å². The lowest BCUT2D eigenvalue weighted by Gasteiger charge is -2.17. The minimum absolute atomic E-state index is 0.237. The van der Waals surface area contributed by atoms with Crippen LogP contribution in [0.1, 0.15) is 12.0 Å². The molecule has 1 N–H and O–H groups in total. The second-order valence-corrected chi connectivity index (χ2v) is 5.88. The van der Waals surface area contributed by atoms with Crippen LogP contribution in [0.2, 0.25) is 0 Å². The maximum atomic E-state index is 11.2. The number of carbonyl (C=O) groups is 1. The summed E-state index contributed by atoms with van der Waals surface area (Å²) >= 11 is 3.28. The Balaban J connectivity index is 2.08. The van der Waals surface area contributed by atoms with Crippen molar-refractivity contribution in [1.82, 2.24) is 10.2 Å². The Morgan fingerprint density at radius 3 is 2.75 bits per heavy atom.